The Kier molecular flexibility index (Phi) is 4.38. The SMILES string of the molecule is C[C@](NC(=O)[C@H]1CCN(c2ccccc2Br)C1=O)(C(=O)O)C1CC1. The van der Waals surface area contributed by atoms with Crippen molar-refractivity contribution in [2.75, 3.05) is 11.4 Å². The van der Waals surface area contributed by atoms with E-state index in [0.717, 1.165) is 23.0 Å². The topological polar surface area (TPSA) is 86.7 Å². The zero-order valence-electron chi connectivity index (χ0n) is 13.3. The average Bonchev–Trinajstić information content (AvgIpc) is 3.31. The lowest BCUT2D eigenvalue weighted by atomic mass is 9.94. The van der Waals surface area contributed by atoms with Crippen molar-refractivity contribution in [3.63, 3.8) is 0 Å². The highest BCUT2D eigenvalue weighted by Gasteiger charge is 2.50. The van der Waals surface area contributed by atoms with Crippen LogP contribution in [0.25, 0.3) is 0 Å². The van der Waals surface area contributed by atoms with Crippen molar-refractivity contribution in [3.05, 3.63) is 28.7 Å². The molecule has 0 bridgehead atoms. The van der Waals surface area contributed by atoms with Crippen molar-refractivity contribution >= 4 is 39.4 Å². The maximum atomic E-state index is 12.6. The number of anilines is 1. The Bertz CT molecular complexity index is 704. The largest absolute Gasteiger partial charge is 0.480 e. The van der Waals surface area contributed by atoms with E-state index in [1.165, 1.54) is 6.92 Å². The van der Waals surface area contributed by atoms with Crippen LogP contribution in [0.5, 0.6) is 0 Å². The second-order valence-corrected chi connectivity index (χ2v) is 7.41. The fraction of sp³-hybridized carbons (Fsp3) is 0.471. The summed E-state index contributed by atoms with van der Waals surface area (Å²) in [5, 5.41) is 12.1. The lowest BCUT2D eigenvalue weighted by molar-refractivity contribution is -0.149. The van der Waals surface area contributed by atoms with Gasteiger partial charge in [0.2, 0.25) is 11.8 Å². The molecular formula is C17H19BrN2O4. The average molecular weight is 395 g/mol. The number of halogens is 1. The van der Waals surface area contributed by atoms with Crippen LogP contribution in [0.1, 0.15) is 26.2 Å². The van der Waals surface area contributed by atoms with Gasteiger partial charge in [0.05, 0.1) is 5.69 Å². The molecule has 1 saturated heterocycles. The number of aliphatic carboxylic acids is 1. The number of nitrogens with one attached hydrogen (secondary N) is 1. The minimum atomic E-state index is -1.29. The number of carbonyl (C=O) groups is 3. The quantitative estimate of drug-likeness (QED) is 0.749. The maximum Gasteiger partial charge on any atom is 0.329 e. The van der Waals surface area contributed by atoms with E-state index >= 15 is 0 Å². The van der Waals surface area contributed by atoms with Crippen LogP contribution in [0.2, 0.25) is 0 Å². The summed E-state index contributed by atoms with van der Waals surface area (Å²) in [6, 6.07) is 7.33. The van der Waals surface area contributed by atoms with Crippen molar-refractivity contribution in [3.8, 4) is 0 Å². The first-order valence-corrected chi connectivity index (χ1v) is 8.75. The third kappa shape index (κ3) is 2.92. The number of carboxylic acids is 1. The van der Waals surface area contributed by atoms with Gasteiger partial charge in [-0.2, -0.15) is 0 Å². The Balaban J connectivity index is 1.74. The zero-order chi connectivity index (χ0) is 17.5. The smallest absolute Gasteiger partial charge is 0.329 e. The van der Waals surface area contributed by atoms with Crippen molar-refractivity contribution < 1.29 is 19.5 Å². The lowest BCUT2D eigenvalue weighted by Gasteiger charge is -2.27. The van der Waals surface area contributed by atoms with Gasteiger partial charge in [-0.05, 0) is 60.2 Å². The third-order valence-electron chi connectivity index (χ3n) is 4.89. The zero-order valence-corrected chi connectivity index (χ0v) is 14.9. The van der Waals surface area contributed by atoms with E-state index < -0.39 is 23.3 Å². The predicted molar refractivity (Wildman–Crippen MR) is 91.5 cm³/mol. The molecule has 1 aliphatic heterocycles. The Hall–Kier alpha value is -1.89. The molecule has 2 atom stereocenters. The highest BCUT2D eigenvalue weighted by molar-refractivity contribution is 9.10. The van der Waals surface area contributed by atoms with Crippen LogP contribution >= 0.6 is 15.9 Å². The Morgan fingerprint density at radius 1 is 1.29 bits per heavy atom. The van der Waals surface area contributed by atoms with E-state index in [4.69, 9.17) is 0 Å². The minimum Gasteiger partial charge on any atom is -0.480 e. The molecule has 6 nitrogen and oxygen atoms in total. The molecule has 2 amide bonds. The first-order valence-electron chi connectivity index (χ1n) is 7.96. The number of para-hydroxylation sites is 1. The summed E-state index contributed by atoms with van der Waals surface area (Å²) in [4.78, 5) is 38.3. The molecule has 0 aromatic heterocycles. The number of amides is 2. The van der Waals surface area contributed by atoms with E-state index in [2.05, 4.69) is 21.2 Å². The number of hydrogen-bond donors (Lipinski definition) is 2. The molecule has 1 aromatic rings. The number of nitrogens with zero attached hydrogens (tertiary/aromatic N) is 1. The molecule has 24 heavy (non-hydrogen) atoms. The Labute approximate surface area is 148 Å². The van der Waals surface area contributed by atoms with Gasteiger partial charge in [0, 0.05) is 11.0 Å². The Morgan fingerprint density at radius 3 is 2.54 bits per heavy atom. The highest BCUT2D eigenvalue weighted by Crippen LogP contribution is 2.40. The minimum absolute atomic E-state index is 0.0603. The van der Waals surface area contributed by atoms with Gasteiger partial charge >= 0.3 is 5.97 Å². The molecule has 1 aromatic carbocycles. The summed E-state index contributed by atoms with van der Waals surface area (Å²) < 4.78 is 0.785. The molecule has 0 radical (unpaired) electrons. The van der Waals surface area contributed by atoms with E-state index in [1.54, 1.807) is 4.90 Å². The maximum absolute atomic E-state index is 12.6. The monoisotopic (exact) mass is 394 g/mol. The van der Waals surface area contributed by atoms with Crippen molar-refractivity contribution in [2.45, 2.75) is 31.7 Å². The molecule has 2 fully saturated rings. The first-order chi connectivity index (χ1) is 11.3. The van der Waals surface area contributed by atoms with Gasteiger partial charge in [0.15, 0.2) is 0 Å². The Morgan fingerprint density at radius 2 is 1.96 bits per heavy atom. The highest BCUT2D eigenvalue weighted by atomic mass is 79.9. The van der Waals surface area contributed by atoms with Crippen LogP contribution in [0, 0.1) is 11.8 Å². The van der Waals surface area contributed by atoms with Gasteiger partial charge in [-0.25, -0.2) is 4.79 Å². The van der Waals surface area contributed by atoms with Crippen LogP contribution in [-0.2, 0) is 14.4 Å². The summed E-state index contributed by atoms with van der Waals surface area (Å²) in [5.74, 6) is -2.73. The number of benzene rings is 1. The molecular weight excluding hydrogens is 376 g/mol. The van der Waals surface area contributed by atoms with Crippen molar-refractivity contribution in [1.82, 2.24) is 5.32 Å². The molecule has 0 spiro atoms. The van der Waals surface area contributed by atoms with Crippen LogP contribution in [-0.4, -0.2) is 35.0 Å². The van der Waals surface area contributed by atoms with Gasteiger partial charge in [-0.1, -0.05) is 12.1 Å². The van der Waals surface area contributed by atoms with Crippen LogP contribution in [0.3, 0.4) is 0 Å². The fourth-order valence-electron chi connectivity index (χ4n) is 3.17. The molecule has 1 aliphatic carbocycles. The van der Waals surface area contributed by atoms with E-state index in [0.29, 0.717) is 13.0 Å². The lowest BCUT2D eigenvalue weighted by Crippen LogP contribution is -2.56. The molecule has 3 rings (SSSR count). The molecule has 7 heteroatoms. The summed E-state index contributed by atoms with van der Waals surface area (Å²) in [6.45, 7) is 1.96. The van der Waals surface area contributed by atoms with Gasteiger partial charge in [0.1, 0.15) is 11.5 Å². The van der Waals surface area contributed by atoms with Crippen LogP contribution in [0.15, 0.2) is 28.7 Å². The number of rotatable bonds is 5. The number of carbonyl (C=O) groups excluding carboxylic acids is 2. The summed E-state index contributed by atoms with van der Waals surface area (Å²) in [7, 11) is 0. The molecule has 2 aliphatic rings. The molecule has 2 N–H and O–H groups in total. The molecule has 128 valence electrons. The summed E-state index contributed by atoms with van der Waals surface area (Å²) in [6.07, 6.45) is 1.95. The predicted octanol–water partition coefficient (Wildman–Crippen LogP) is 2.17. The van der Waals surface area contributed by atoms with Gasteiger partial charge in [-0.3, -0.25) is 9.59 Å². The van der Waals surface area contributed by atoms with E-state index in [1.807, 2.05) is 24.3 Å². The normalized spacial score (nSPS) is 23.0. The van der Waals surface area contributed by atoms with E-state index in [-0.39, 0.29) is 11.8 Å². The fourth-order valence-corrected chi connectivity index (χ4v) is 3.67. The molecule has 1 heterocycles. The standard InChI is InChI=1S/C17H19BrN2O4/c1-17(16(23)24,10-6-7-10)19-14(21)11-8-9-20(15(11)22)13-5-3-2-4-12(13)18/h2-5,10-11H,6-9H2,1H3,(H,19,21)(H,23,24)/t11-,17-/m1/s1. The second kappa shape index (κ2) is 6.20. The van der Waals surface area contributed by atoms with Crippen LogP contribution < -0.4 is 10.2 Å². The van der Waals surface area contributed by atoms with E-state index in [9.17, 15) is 19.5 Å². The van der Waals surface area contributed by atoms with Crippen LogP contribution in [0.4, 0.5) is 5.69 Å². The second-order valence-electron chi connectivity index (χ2n) is 6.55. The van der Waals surface area contributed by atoms with Crippen molar-refractivity contribution in [2.24, 2.45) is 11.8 Å². The molecule has 1 saturated carbocycles. The summed E-state index contributed by atoms with van der Waals surface area (Å²) >= 11 is 3.41. The van der Waals surface area contributed by atoms with Gasteiger partial charge in [-0.15, -0.1) is 0 Å². The number of hydrogen-bond acceptors (Lipinski definition) is 3. The summed E-state index contributed by atoms with van der Waals surface area (Å²) in [5.41, 5.74) is -0.570. The molecule has 0 unspecified atom stereocenters. The van der Waals surface area contributed by atoms with Crippen molar-refractivity contribution in [1.29, 1.82) is 0 Å². The number of carboxylic acid groups (broad SMARTS) is 1. The van der Waals surface area contributed by atoms with Gasteiger partial charge < -0.3 is 15.3 Å². The van der Waals surface area contributed by atoms with Gasteiger partial charge in [0.25, 0.3) is 0 Å². The first kappa shape index (κ1) is 17.0. The third-order valence-corrected chi connectivity index (χ3v) is 5.56.